The van der Waals surface area contributed by atoms with Gasteiger partial charge in [0.15, 0.2) is 11.5 Å². The number of halogens is 5. The third-order valence-electron chi connectivity index (χ3n) is 3.37. The fraction of sp³-hybridized carbons (Fsp3) is 0.200. The van der Waals surface area contributed by atoms with Crippen molar-refractivity contribution in [3.05, 3.63) is 45.7 Å². The molecule has 2 aromatic rings. The Morgan fingerprint density at radius 1 is 1.09 bits per heavy atom. The Morgan fingerprint density at radius 2 is 1.74 bits per heavy atom. The van der Waals surface area contributed by atoms with Crippen LogP contribution in [0.2, 0.25) is 10.0 Å². The maximum absolute atomic E-state index is 13.9. The van der Waals surface area contributed by atoms with E-state index in [4.69, 9.17) is 38.4 Å². The van der Waals surface area contributed by atoms with Gasteiger partial charge in [0.2, 0.25) is 0 Å². The molecule has 1 heterocycles. The number of hydrogen-bond acceptors (Lipinski definition) is 3. The van der Waals surface area contributed by atoms with E-state index in [1.165, 1.54) is 0 Å². The van der Waals surface area contributed by atoms with Gasteiger partial charge in [-0.15, -0.1) is 0 Å². The van der Waals surface area contributed by atoms with Crippen LogP contribution in [-0.4, -0.2) is 19.3 Å². The van der Waals surface area contributed by atoms with Gasteiger partial charge < -0.3 is 15.2 Å². The van der Waals surface area contributed by atoms with Gasteiger partial charge in [0.1, 0.15) is 30.2 Å². The number of benzene rings is 2. The molecule has 0 aliphatic carbocycles. The first-order valence-electron chi connectivity index (χ1n) is 6.58. The zero-order valence-electron chi connectivity index (χ0n) is 11.5. The van der Waals surface area contributed by atoms with Crippen molar-refractivity contribution in [2.24, 2.45) is 5.73 Å². The summed E-state index contributed by atoms with van der Waals surface area (Å²) in [5, 5.41) is -0.884. The summed E-state index contributed by atoms with van der Waals surface area (Å²) in [4.78, 5) is 0. The van der Waals surface area contributed by atoms with E-state index in [0.717, 1.165) is 12.1 Å². The molecule has 0 spiro atoms. The standard InChI is InChI=1S/C15H10Cl2F3NO2/c16-13-9(19)3-10(20)14(17)12(13)8-1-6(18)2-11-15(8)23-7(4-21)5-22-11/h1-3,7H,4-5,21H2/t7-/m0/s1. The zero-order chi connectivity index (χ0) is 16.7. The molecule has 0 aromatic heterocycles. The fourth-order valence-corrected chi connectivity index (χ4v) is 2.84. The lowest BCUT2D eigenvalue weighted by atomic mass is 10.0. The van der Waals surface area contributed by atoms with Gasteiger partial charge >= 0.3 is 0 Å². The van der Waals surface area contributed by atoms with E-state index in [1.807, 2.05) is 0 Å². The topological polar surface area (TPSA) is 44.5 Å². The molecule has 23 heavy (non-hydrogen) atoms. The van der Waals surface area contributed by atoms with Gasteiger partial charge in [0.25, 0.3) is 0 Å². The second-order valence-corrected chi connectivity index (χ2v) is 5.67. The van der Waals surface area contributed by atoms with Crippen LogP contribution < -0.4 is 15.2 Å². The maximum atomic E-state index is 13.9. The van der Waals surface area contributed by atoms with E-state index in [2.05, 4.69) is 0 Å². The third kappa shape index (κ3) is 2.82. The Kier molecular flexibility index (Phi) is 4.31. The van der Waals surface area contributed by atoms with Gasteiger partial charge in [-0.25, -0.2) is 13.2 Å². The normalized spacial score (nSPS) is 16.5. The molecule has 0 bridgehead atoms. The lowest BCUT2D eigenvalue weighted by molar-refractivity contribution is 0.0971. The van der Waals surface area contributed by atoms with Crippen LogP contribution in [0.3, 0.4) is 0 Å². The molecule has 0 amide bonds. The predicted octanol–water partition coefficient (Wildman–Crippen LogP) is 4.18. The average molecular weight is 364 g/mol. The Hall–Kier alpha value is -1.63. The molecule has 8 heteroatoms. The van der Waals surface area contributed by atoms with Crippen molar-refractivity contribution in [2.75, 3.05) is 13.2 Å². The minimum absolute atomic E-state index is 0.00782. The molecule has 3 nitrogen and oxygen atoms in total. The van der Waals surface area contributed by atoms with Crippen LogP contribution in [0.4, 0.5) is 13.2 Å². The van der Waals surface area contributed by atoms with Crippen molar-refractivity contribution in [1.29, 1.82) is 0 Å². The Balaban J connectivity index is 2.28. The lowest BCUT2D eigenvalue weighted by Gasteiger charge is -2.28. The van der Waals surface area contributed by atoms with E-state index in [9.17, 15) is 13.2 Å². The molecule has 1 atom stereocenters. The highest BCUT2D eigenvalue weighted by atomic mass is 35.5. The minimum Gasteiger partial charge on any atom is -0.486 e. The number of hydrogen-bond donors (Lipinski definition) is 1. The molecule has 0 unspecified atom stereocenters. The molecule has 0 saturated carbocycles. The SMILES string of the molecule is NC[C@H]1COc2cc(F)cc(-c3c(Cl)c(F)cc(F)c3Cl)c2O1. The van der Waals surface area contributed by atoms with E-state index in [0.29, 0.717) is 6.07 Å². The molecule has 0 radical (unpaired) electrons. The maximum Gasteiger partial charge on any atom is 0.169 e. The zero-order valence-corrected chi connectivity index (χ0v) is 13.0. The van der Waals surface area contributed by atoms with Crippen LogP contribution in [0, 0.1) is 17.5 Å². The number of ether oxygens (including phenoxy) is 2. The molecule has 1 aliphatic rings. The number of rotatable bonds is 2. The molecule has 0 fully saturated rings. The van der Waals surface area contributed by atoms with Gasteiger partial charge in [-0.2, -0.15) is 0 Å². The van der Waals surface area contributed by atoms with Crippen molar-refractivity contribution >= 4 is 23.2 Å². The first kappa shape index (κ1) is 16.2. The summed E-state index contributed by atoms with van der Waals surface area (Å²) < 4.78 is 52.4. The quantitative estimate of drug-likeness (QED) is 0.814. The van der Waals surface area contributed by atoms with Crippen molar-refractivity contribution in [2.45, 2.75) is 6.10 Å². The Labute approximate surface area is 139 Å². The summed E-state index contributed by atoms with van der Waals surface area (Å²) in [7, 11) is 0. The van der Waals surface area contributed by atoms with Crippen LogP contribution in [-0.2, 0) is 0 Å². The molecule has 0 saturated heterocycles. The summed E-state index contributed by atoms with van der Waals surface area (Å²) in [6.07, 6.45) is -0.484. The van der Waals surface area contributed by atoms with Gasteiger partial charge in [0.05, 0.1) is 10.0 Å². The third-order valence-corrected chi connectivity index (χ3v) is 4.11. The van der Waals surface area contributed by atoms with E-state index in [1.54, 1.807) is 0 Å². The summed E-state index contributed by atoms with van der Waals surface area (Å²) >= 11 is 11.8. The first-order valence-corrected chi connectivity index (χ1v) is 7.34. The molecular weight excluding hydrogens is 354 g/mol. The van der Waals surface area contributed by atoms with Crippen molar-refractivity contribution in [3.63, 3.8) is 0 Å². The Morgan fingerprint density at radius 3 is 2.35 bits per heavy atom. The molecule has 122 valence electrons. The van der Waals surface area contributed by atoms with Crippen LogP contribution in [0.25, 0.3) is 11.1 Å². The van der Waals surface area contributed by atoms with E-state index in [-0.39, 0.29) is 35.8 Å². The minimum atomic E-state index is -1.02. The van der Waals surface area contributed by atoms with Gasteiger partial charge in [0, 0.05) is 29.8 Å². The lowest BCUT2D eigenvalue weighted by Crippen LogP contribution is -2.36. The molecule has 2 N–H and O–H groups in total. The van der Waals surface area contributed by atoms with Gasteiger partial charge in [-0.05, 0) is 6.07 Å². The molecular formula is C15H10Cl2F3NO2. The van der Waals surface area contributed by atoms with Crippen LogP contribution in [0.5, 0.6) is 11.5 Å². The van der Waals surface area contributed by atoms with E-state index < -0.39 is 33.6 Å². The van der Waals surface area contributed by atoms with Crippen molar-refractivity contribution in [1.82, 2.24) is 0 Å². The van der Waals surface area contributed by atoms with Gasteiger partial charge in [-0.3, -0.25) is 0 Å². The van der Waals surface area contributed by atoms with Crippen molar-refractivity contribution < 1.29 is 22.6 Å². The summed E-state index contributed by atoms with van der Waals surface area (Å²) in [6, 6.07) is 2.68. The smallest absolute Gasteiger partial charge is 0.169 e. The summed E-state index contributed by atoms with van der Waals surface area (Å²) in [6.45, 7) is 0.278. The summed E-state index contributed by atoms with van der Waals surface area (Å²) in [5.41, 5.74) is 5.32. The molecule has 2 aromatic carbocycles. The predicted molar refractivity (Wildman–Crippen MR) is 80.7 cm³/mol. The second kappa shape index (κ2) is 6.11. The second-order valence-electron chi connectivity index (χ2n) is 4.91. The fourth-order valence-electron chi connectivity index (χ4n) is 2.29. The van der Waals surface area contributed by atoms with Crippen LogP contribution >= 0.6 is 23.2 Å². The van der Waals surface area contributed by atoms with E-state index >= 15 is 0 Å². The van der Waals surface area contributed by atoms with Crippen molar-refractivity contribution in [3.8, 4) is 22.6 Å². The number of nitrogens with two attached hydrogens (primary N) is 1. The molecule has 3 rings (SSSR count). The highest BCUT2D eigenvalue weighted by Crippen LogP contribution is 2.47. The highest BCUT2D eigenvalue weighted by molar-refractivity contribution is 6.39. The highest BCUT2D eigenvalue weighted by Gasteiger charge is 2.28. The van der Waals surface area contributed by atoms with Crippen LogP contribution in [0.1, 0.15) is 0 Å². The summed E-state index contributed by atoms with van der Waals surface area (Å²) in [5.74, 6) is -2.56. The first-order chi connectivity index (χ1) is 10.9. The average Bonchev–Trinajstić information content (AvgIpc) is 2.52. The monoisotopic (exact) mass is 363 g/mol. The molecule has 1 aliphatic heterocycles. The Bertz CT molecular complexity index is 760. The van der Waals surface area contributed by atoms with Gasteiger partial charge in [-0.1, -0.05) is 23.2 Å². The van der Waals surface area contributed by atoms with Crippen LogP contribution in [0.15, 0.2) is 18.2 Å². The number of fused-ring (bicyclic) bond motifs is 1. The largest absolute Gasteiger partial charge is 0.486 e.